The molecule has 1 aliphatic heterocycles. The van der Waals surface area contributed by atoms with Crippen LogP contribution in [-0.2, 0) is 16.1 Å². The van der Waals surface area contributed by atoms with E-state index in [0.29, 0.717) is 27.1 Å². The minimum Gasteiger partial charge on any atom is -0.468 e. The lowest BCUT2D eigenvalue weighted by molar-refractivity contribution is -0.141. The van der Waals surface area contributed by atoms with Gasteiger partial charge < -0.3 is 18.8 Å². The van der Waals surface area contributed by atoms with Crippen LogP contribution in [0.4, 0.5) is 0 Å². The highest BCUT2D eigenvalue weighted by atomic mass is 32.2. The summed E-state index contributed by atoms with van der Waals surface area (Å²) in [5, 5.41) is 0.406. The Balaban J connectivity index is 1.79. The molecule has 0 saturated heterocycles. The van der Waals surface area contributed by atoms with Crippen LogP contribution in [0.5, 0.6) is 11.5 Å². The van der Waals surface area contributed by atoms with E-state index >= 15 is 0 Å². The monoisotopic (exact) mass is 444 g/mol. The van der Waals surface area contributed by atoms with Crippen molar-refractivity contribution in [2.45, 2.75) is 30.5 Å². The van der Waals surface area contributed by atoms with Crippen LogP contribution in [0.15, 0.2) is 46.3 Å². The highest BCUT2D eigenvalue weighted by Gasteiger charge is 2.19. The second-order valence-corrected chi connectivity index (χ2v) is 9.49. The number of methoxy groups -OCH3 is 1. The molecule has 0 unspecified atom stereocenters. The second kappa shape index (κ2) is 8.53. The van der Waals surface area contributed by atoms with E-state index in [4.69, 9.17) is 14.2 Å². The van der Waals surface area contributed by atoms with Crippen LogP contribution < -0.4 is 14.3 Å². The lowest BCUT2D eigenvalue weighted by atomic mass is 10.2. The van der Waals surface area contributed by atoms with Gasteiger partial charge in [-0.2, -0.15) is 4.99 Å². The molecule has 0 radical (unpaired) electrons. The molecule has 9 heteroatoms. The molecule has 0 fully saturated rings. The quantitative estimate of drug-likeness (QED) is 0.439. The highest BCUT2D eigenvalue weighted by molar-refractivity contribution is 7.99. The summed E-state index contributed by atoms with van der Waals surface area (Å²) in [6.07, 6.45) is 0. The molecule has 30 heavy (non-hydrogen) atoms. The molecular formula is C21H20N2O5S2. The summed E-state index contributed by atoms with van der Waals surface area (Å²) in [7, 11) is 1.33. The Bertz CT molecular complexity index is 1200. The van der Waals surface area contributed by atoms with Gasteiger partial charge in [-0.05, 0) is 18.2 Å². The first-order valence-corrected chi connectivity index (χ1v) is 11.0. The van der Waals surface area contributed by atoms with E-state index in [1.54, 1.807) is 28.5 Å². The van der Waals surface area contributed by atoms with Crippen molar-refractivity contribution in [2.24, 2.45) is 4.99 Å². The van der Waals surface area contributed by atoms with Crippen molar-refractivity contribution >= 4 is 45.2 Å². The van der Waals surface area contributed by atoms with Crippen LogP contribution in [0.25, 0.3) is 10.2 Å². The van der Waals surface area contributed by atoms with Gasteiger partial charge in [0.15, 0.2) is 16.3 Å². The molecule has 1 aromatic heterocycles. The Labute approximate surface area is 181 Å². The SMILES string of the molecule is COC(=O)Cn1c(=NC(=O)c2cccc(SC(C)C)c2)sc2cc3c(cc21)OCO3. The van der Waals surface area contributed by atoms with Gasteiger partial charge in [-0.15, -0.1) is 11.8 Å². The van der Waals surface area contributed by atoms with Crippen molar-refractivity contribution in [3.8, 4) is 11.5 Å². The van der Waals surface area contributed by atoms with E-state index in [9.17, 15) is 9.59 Å². The van der Waals surface area contributed by atoms with Crippen molar-refractivity contribution in [3.05, 3.63) is 46.8 Å². The van der Waals surface area contributed by atoms with E-state index in [1.165, 1.54) is 18.4 Å². The van der Waals surface area contributed by atoms with Gasteiger partial charge in [0.25, 0.3) is 5.91 Å². The first-order valence-electron chi connectivity index (χ1n) is 9.30. The number of fused-ring (bicyclic) bond motifs is 2. The molecule has 0 saturated carbocycles. The number of ether oxygens (including phenoxy) is 3. The Morgan fingerprint density at radius 3 is 2.73 bits per heavy atom. The summed E-state index contributed by atoms with van der Waals surface area (Å²) >= 11 is 2.99. The lowest BCUT2D eigenvalue weighted by Crippen LogP contribution is -2.22. The highest BCUT2D eigenvalue weighted by Crippen LogP contribution is 2.37. The molecule has 2 aromatic carbocycles. The molecule has 2 heterocycles. The zero-order valence-electron chi connectivity index (χ0n) is 16.7. The fourth-order valence-electron chi connectivity index (χ4n) is 3.02. The number of hydrogen-bond acceptors (Lipinski definition) is 7. The van der Waals surface area contributed by atoms with E-state index in [0.717, 1.165) is 15.1 Å². The molecule has 0 aliphatic carbocycles. The standard InChI is InChI=1S/C21H20N2O5S2/c1-12(2)29-14-6-4-5-13(7-14)20(25)22-21-23(10-19(24)26-3)15-8-16-17(28-11-27-16)9-18(15)30-21/h4-9,12H,10-11H2,1-3H3. The summed E-state index contributed by atoms with van der Waals surface area (Å²) in [4.78, 5) is 30.6. The molecule has 3 aromatic rings. The van der Waals surface area contributed by atoms with Crippen molar-refractivity contribution < 1.29 is 23.8 Å². The van der Waals surface area contributed by atoms with Crippen LogP contribution in [0.1, 0.15) is 24.2 Å². The number of amides is 1. The largest absolute Gasteiger partial charge is 0.468 e. The molecule has 1 amide bonds. The van der Waals surface area contributed by atoms with Crippen LogP contribution >= 0.6 is 23.1 Å². The predicted molar refractivity (Wildman–Crippen MR) is 115 cm³/mol. The van der Waals surface area contributed by atoms with Crippen LogP contribution in [-0.4, -0.2) is 35.6 Å². The van der Waals surface area contributed by atoms with Crippen molar-refractivity contribution in [3.63, 3.8) is 0 Å². The van der Waals surface area contributed by atoms with Crippen LogP contribution in [0, 0.1) is 0 Å². The number of nitrogens with zero attached hydrogens (tertiary/aromatic N) is 2. The molecule has 0 bridgehead atoms. The Morgan fingerprint density at radius 2 is 2.00 bits per heavy atom. The van der Waals surface area contributed by atoms with E-state index in [-0.39, 0.29) is 19.2 Å². The van der Waals surface area contributed by atoms with Gasteiger partial charge in [-0.1, -0.05) is 31.3 Å². The molecule has 0 spiro atoms. The second-order valence-electron chi connectivity index (χ2n) is 6.83. The van der Waals surface area contributed by atoms with E-state index in [1.807, 2.05) is 24.3 Å². The molecular weight excluding hydrogens is 424 g/mol. The Hall–Kier alpha value is -2.78. The summed E-state index contributed by atoms with van der Waals surface area (Å²) < 4.78 is 18.2. The zero-order valence-corrected chi connectivity index (χ0v) is 18.3. The smallest absolute Gasteiger partial charge is 0.325 e. The average molecular weight is 445 g/mol. The molecule has 1 aliphatic rings. The average Bonchev–Trinajstić information content (AvgIpc) is 3.30. The molecule has 7 nitrogen and oxygen atoms in total. The topological polar surface area (TPSA) is 79.1 Å². The normalized spacial score (nSPS) is 13.3. The third-order valence-corrected chi connectivity index (χ3v) is 6.38. The Morgan fingerprint density at radius 1 is 1.23 bits per heavy atom. The predicted octanol–water partition coefficient (Wildman–Crippen LogP) is 3.85. The molecule has 0 N–H and O–H groups in total. The van der Waals surface area contributed by atoms with Gasteiger partial charge in [0.1, 0.15) is 6.54 Å². The Kier molecular flexibility index (Phi) is 5.83. The first kappa shape index (κ1) is 20.5. The number of thiazole rings is 1. The lowest BCUT2D eigenvalue weighted by Gasteiger charge is -2.06. The van der Waals surface area contributed by atoms with E-state index in [2.05, 4.69) is 18.8 Å². The molecule has 156 valence electrons. The number of benzene rings is 2. The summed E-state index contributed by atoms with van der Waals surface area (Å²) in [5.74, 6) is 0.420. The zero-order chi connectivity index (χ0) is 21.3. The van der Waals surface area contributed by atoms with Crippen LogP contribution in [0.3, 0.4) is 0 Å². The minimum atomic E-state index is -0.434. The fraction of sp³-hybridized carbons (Fsp3) is 0.286. The maximum absolute atomic E-state index is 12.9. The number of thioether (sulfide) groups is 1. The molecule has 0 atom stereocenters. The van der Waals surface area contributed by atoms with Gasteiger partial charge >= 0.3 is 5.97 Å². The third-order valence-electron chi connectivity index (χ3n) is 4.34. The number of carbonyl (C=O) groups excluding carboxylic acids is 2. The maximum atomic E-state index is 12.9. The van der Waals surface area contributed by atoms with Gasteiger partial charge in [0, 0.05) is 27.8 Å². The number of carbonyl (C=O) groups is 2. The number of esters is 1. The van der Waals surface area contributed by atoms with Crippen LogP contribution in [0.2, 0.25) is 0 Å². The minimum absolute atomic E-state index is 0.0640. The third kappa shape index (κ3) is 4.22. The summed E-state index contributed by atoms with van der Waals surface area (Å²) in [6.45, 7) is 4.29. The van der Waals surface area contributed by atoms with Gasteiger partial charge in [0.05, 0.1) is 17.3 Å². The number of aromatic nitrogens is 1. The van der Waals surface area contributed by atoms with Crippen molar-refractivity contribution in [2.75, 3.05) is 13.9 Å². The fourth-order valence-corrected chi connectivity index (χ4v) is 4.95. The van der Waals surface area contributed by atoms with Crippen molar-refractivity contribution in [1.82, 2.24) is 4.57 Å². The van der Waals surface area contributed by atoms with Gasteiger partial charge in [-0.3, -0.25) is 9.59 Å². The summed E-state index contributed by atoms with van der Waals surface area (Å²) in [5.41, 5.74) is 1.22. The maximum Gasteiger partial charge on any atom is 0.325 e. The first-order chi connectivity index (χ1) is 14.4. The van der Waals surface area contributed by atoms with Gasteiger partial charge in [-0.25, -0.2) is 0 Å². The van der Waals surface area contributed by atoms with Crippen molar-refractivity contribution in [1.29, 1.82) is 0 Å². The number of hydrogen-bond donors (Lipinski definition) is 0. The van der Waals surface area contributed by atoms with E-state index < -0.39 is 5.97 Å². The number of rotatable bonds is 5. The molecule has 4 rings (SSSR count). The van der Waals surface area contributed by atoms with Gasteiger partial charge in [0.2, 0.25) is 6.79 Å². The summed E-state index contributed by atoms with van der Waals surface area (Å²) in [6, 6.07) is 11.0.